The van der Waals surface area contributed by atoms with Crippen molar-refractivity contribution in [1.82, 2.24) is 44.6 Å². The summed E-state index contributed by atoms with van der Waals surface area (Å²) in [7, 11) is 0. The number of carbonyl (C=O) groups is 2. The predicted molar refractivity (Wildman–Crippen MR) is 241 cm³/mol. The van der Waals surface area contributed by atoms with Crippen LogP contribution in [0, 0.1) is 24.2 Å². The average Bonchev–Trinajstić information content (AvgIpc) is 3.33. The van der Waals surface area contributed by atoms with Crippen LogP contribution in [0.2, 0.25) is 0 Å². The van der Waals surface area contributed by atoms with E-state index in [1.807, 2.05) is 55.5 Å². The van der Waals surface area contributed by atoms with Gasteiger partial charge < -0.3 is 14.5 Å². The lowest BCUT2D eigenvalue weighted by atomic mass is 9.98. The third-order valence-electron chi connectivity index (χ3n) is 12.6. The fourth-order valence-electron chi connectivity index (χ4n) is 8.81. The molecule has 0 spiro atoms. The Morgan fingerprint density at radius 2 is 1.53 bits per heavy atom. The predicted octanol–water partition coefficient (Wildman–Crippen LogP) is 4.20. The zero-order valence-corrected chi connectivity index (χ0v) is 35.7. The largest absolute Gasteiger partial charge is 0.490 e. The second-order valence-corrected chi connectivity index (χ2v) is 16.8. The van der Waals surface area contributed by atoms with Gasteiger partial charge in [-0.05, 0) is 93.2 Å². The molecule has 9 rings (SSSR count). The molecule has 3 fully saturated rings. The van der Waals surface area contributed by atoms with E-state index in [4.69, 9.17) is 4.74 Å². The van der Waals surface area contributed by atoms with Crippen LogP contribution in [0.5, 0.6) is 5.75 Å². The van der Waals surface area contributed by atoms with Gasteiger partial charge in [-0.25, -0.2) is 19.3 Å². The molecule has 0 radical (unpaired) electrons. The Morgan fingerprint density at radius 3 is 2.30 bits per heavy atom. The average molecular weight is 860 g/mol. The van der Waals surface area contributed by atoms with E-state index >= 15 is 0 Å². The topological polar surface area (TPSA) is 184 Å². The second-order valence-electron chi connectivity index (χ2n) is 16.8. The van der Waals surface area contributed by atoms with Crippen molar-refractivity contribution in [1.29, 1.82) is 5.26 Å². The molecule has 3 aromatic heterocycles. The van der Waals surface area contributed by atoms with Crippen LogP contribution in [0.3, 0.4) is 0 Å². The summed E-state index contributed by atoms with van der Waals surface area (Å²) in [6.45, 7) is 10.6. The number of ether oxygens (including phenoxy) is 1. The Labute approximate surface area is 369 Å². The number of amides is 2. The van der Waals surface area contributed by atoms with Crippen molar-refractivity contribution < 1.29 is 14.3 Å². The van der Waals surface area contributed by atoms with E-state index in [1.54, 1.807) is 36.7 Å². The summed E-state index contributed by atoms with van der Waals surface area (Å²) in [6.07, 6.45) is 6.02. The molecule has 3 aliphatic heterocycles. The molecule has 1 N–H and O–H groups in total. The normalized spacial score (nSPS) is 17.6. The van der Waals surface area contributed by atoms with Crippen molar-refractivity contribution in [3.8, 4) is 34.5 Å². The Balaban J connectivity index is 0.709. The number of piperazine rings is 1. The number of hydrogen-bond acceptors (Lipinski definition) is 13. The van der Waals surface area contributed by atoms with Crippen LogP contribution in [0.15, 0.2) is 101 Å². The van der Waals surface area contributed by atoms with Gasteiger partial charge >= 0.3 is 0 Å². The summed E-state index contributed by atoms with van der Waals surface area (Å²) >= 11 is 0. The quantitative estimate of drug-likeness (QED) is 0.173. The monoisotopic (exact) mass is 859 g/mol. The molecule has 16 heteroatoms. The van der Waals surface area contributed by atoms with E-state index in [9.17, 15) is 24.4 Å². The van der Waals surface area contributed by atoms with Crippen molar-refractivity contribution in [3.05, 3.63) is 129 Å². The van der Waals surface area contributed by atoms with Crippen molar-refractivity contribution in [2.45, 2.75) is 45.2 Å². The Hall–Kier alpha value is -7.09. The number of hydrogen-bond donors (Lipinski definition) is 1. The zero-order valence-electron chi connectivity index (χ0n) is 35.7. The summed E-state index contributed by atoms with van der Waals surface area (Å²) in [5.41, 5.74) is 4.81. The van der Waals surface area contributed by atoms with Crippen LogP contribution >= 0.6 is 0 Å². The molecule has 1 atom stereocenters. The van der Waals surface area contributed by atoms with Gasteiger partial charge in [-0.2, -0.15) is 15.5 Å². The molecule has 3 aromatic carbocycles. The van der Waals surface area contributed by atoms with Crippen LogP contribution in [0.1, 0.15) is 48.5 Å². The highest BCUT2D eigenvalue weighted by molar-refractivity contribution is 5.99. The second kappa shape index (κ2) is 18.7. The summed E-state index contributed by atoms with van der Waals surface area (Å²) in [5, 5.41) is 22.0. The molecule has 6 aromatic rings. The number of aryl methyl sites for hydroxylation is 1. The van der Waals surface area contributed by atoms with Crippen LogP contribution in [0.4, 0.5) is 5.69 Å². The number of anilines is 1. The number of imide groups is 1. The zero-order chi connectivity index (χ0) is 44.2. The molecule has 6 heterocycles. The number of aromatic nitrogens is 6. The van der Waals surface area contributed by atoms with Crippen molar-refractivity contribution >= 4 is 28.3 Å². The Kier molecular flexibility index (Phi) is 12.3. The molecule has 3 aliphatic rings. The standard InChI is InChI=1S/C48H49N11O5/c1-32-41-26-38(8-9-40(41)48(63)59(53-32)43-11-12-44(60)52-47(43)62)57-22-20-56(21-23-57)19-18-55-16-14-33(15-17-55)31-64-39-28-50-46(51-29-39)37-7-3-5-35(25-37)30-58-45(61)13-10-42(54-58)36-6-2-4-34(24-36)27-49/h2-10,13,24-26,28-29,33,43H,11-12,14-23,30-31H2,1H3,(H,52,60,62). The molecule has 16 nitrogen and oxygen atoms in total. The number of nitrogens with zero attached hydrogens (tertiary/aromatic N) is 10. The number of piperidine rings is 2. The Bertz CT molecular complexity index is 2860. The first-order chi connectivity index (χ1) is 31.2. The van der Waals surface area contributed by atoms with Crippen molar-refractivity contribution in [2.75, 3.05) is 63.9 Å². The first-order valence-corrected chi connectivity index (χ1v) is 21.9. The summed E-state index contributed by atoms with van der Waals surface area (Å²) in [6, 6.07) is 25.3. The molecule has 0 saturated carbocycles. The molecule has 64 heavy (non-hydrogen) atoms. The maximum Gasteiger partial charge on any atom is 0.275 e. The molecule has 3 saturated heterocycles. The summed E-state index contributed by atoms with van der Waals surface area (Å²) in [4.78, 5) is 66.8. The van der Waals surface area contributed by atoms with E-state index < -0.39 is 11.9 Å². The Morgan fingerprint density at radius 1 is 0.781 bits per heavy atom. The van der Waals surface area contributed by atoms with Gasteiger partial charge in [0.25, 0.3) is 17.0 Å². The number of carbonyl (C=O) groups excluding carboxylic acids is 2. The van der Waals surface area contributed by atoms with Gasteiger partial charge in [-0.15, -0.1) is 0 Å². The van der Waals surface area contributed by atoms with Crippen LogP contribution in [-0.4, -0.2) is 110 Å². The fourth-order valence-corrected chi connectivity index (χ4v) is 8.81. The van der Waals surface area contributed by atoms with Gasteiger partial charge in [0, 0.05) is 74.0 Å². The van der Waals surface area contributed by atoms with Crippen LogP contribution in [-0.2, 0) is 16.1 Å². The highest BCUT2D eigenvalue weighted by Gasteiger charge is 2.31. The van der Waals surface area contributed by atoms with E-state index in [2.05, 4.69) is 46.3 Å². The minimum absolute atomic E-state index is 0.183. The third-order valence-corrected chi connectivity index (χ3v) is 12.6. The number of fused-ring (bicyclic) bond motifs is 1. The van der Waals surface area contributed by atoms with Crippen LogP contribution < -0.4 is 26.1 Å². The lowest BCUT2D eigenvalue weighted by Crippen LogP contribution is -2.49. The summed E-state index contributed by atoms with van der Waals surface area (Å²) in [5.74, 6) is 0.854. The number of benzene rings is 3. The van der Waals surface area contributed by atoms with Crippen molar-refractivity contribution in [2.24, 2.45) is 5.92 Å². The van der Waals surface area contributed by atoms with Gasteiger partial charge in [0.2, 0.25) is 5.91 Å². The van der Waals surface area contributed by atoms with Gasteiger partial charge in [0.1, 0.15) is 6.04 Å². The molecule has 326 valence electrons. The highest BCUT2D eigenvalue weighted by Crippen LogP contribution is 2.26. The van der Waals surface area contributed by atoms with E-state index in [-0.39, 0.29) is 36.4 Å². The van der Waals surface area contributed by atoms with Gasteiger partial charge in [-0.3, -0.25) is 29.4 Å². The number of nitrogens with one attached hydrogen (secondary N) is 1. The van der Waals surface area contributed by atoms with E-state index in [1.165, 1.54) is 15.4 Å². The molecule has 1 unspecified atom stereocenters. The molecule has 0 bridgehead atoms. The van der Waals surface area contributed by atoms with Gasteiger partial charge in [0.15, 0.2) is 11.6 Å². The minimum Gasteiger partial charge on any atom is -0.490 e. The maximum atomic E-state index is 13.4. The SMILES string of the molecule is Cc1nn(C2CCC(=O)NC2=O)c(=O)c2ccc(N3CCN(CCN4CCC(COc5cnc(-c6cccc(Cn7nc(-c8cccc(C#N)c8)ccc7=O)c6)nc5)CC4)CC3)cc12. The fraction of sp³-hybridized carbons (Fsp3) is 0.354. The lowest BCUT2D eigenvalue weighted by molar-refractivity contribution is -0.136. The third kappa shape index (κ3) is 9.46. The first kappa shape index (κ1) is 42.2. The lowest BCUT2D eigenvalue weighted by Gasteiger charge is -2.38. The van der Waals surface area contributed by atoms with Crippen LogP contribution in [0.25, 0.3) is 33.4 Å². The minimum atomic E-state index is -0.786. The molecule has 0 aliphatic carbocycles. The first-order valence-electron chi connectivity index (χ1n) is 21.9. The van der Waals surface area contributed by atoms with Gasteiger partial charge in [0.05, 0.1) is 54.0 Å². The van der Waals surface area contributed by atoms with E-state index in [0.29, 0.717) is 46.4 Å². The molecular formula is C48H49N11O5. The van der Waals surface area contributed by atoms with Gasteiger partial charge in [-0.1, -0.05) is 30.3 Å². The van der Waals surface area contributed by atoms with E-state index in [0.717, 1.165) is 93.0 Å². The maximum absolute atomic E-state index is 13.4. The smallest absolute Gasteiger partial charge is 0.275 e. The summed E-state index contributed by atoms with van der Waals surface area (Å²) < 4.78 is 8.82. The molecular weight excluding hydrogens is 811 g/mol. The molecule has 2 amide bonds. The van der Waals surface area contributed by atoms with Crippen molar-refractivity contribution in [3.63, 3.8) is 0 Å². The number of nitriles is 1. The highest BCUT2D eigenvalue weighted by atomic mass is 16.5. The number of likely N-dealkylation sites (tertiary alicyclic amines) is 1. The number of rotatable bonds is 12.